The first-order valence-electron chi connectivity index (χ1n) is 11.2. The lowest BCUT2D eigenvalue weighted by atomic mass is 10.00. The number of pyridine rings is 1. The van der Waals surface area contributed by atoms with Gasteiger partial charge in [0.2, 0.25) is 0 Å². The zero-order valence-corrected chi connectivity index (χ0v) is 19.9. The summed E-state index contributed by atoms with van der Waals surface area (Å²) in [7, 11) is 0. The van der Waals surface area contributed by atoms with Crippen LogP contribution < -0.4 is 10.2 Å². The summed E-state index contributed by atoms with van der Waals surface area (Å²) in [6.07, 6.45) is -0.925. The lowest BCUT2D eigenvalue weighted by molar-refractivity contribution is -0.137. The van der Waals surface area contributed by atoms with Crippen LogP contribution in [0.25, 0.3) is 5.69 Å². The summed E-state index contributed by atoms with van der Waals surface area (Å²) in [6.45, 7) is 4.05. The molecule has 8 heteroatoms. The number of aromatic nitrogens is 2. The Morgan fingerprint density at radius 3 is 2.34 bits per heavy atom. The quantitative estimate of drug-likeness (QED) is 0.322. The van der Waals surface area contributed by atoms with Gasteiger partial charge in [-0.15, -0.1) is 0 Å². The second-order valence-corrected chi connectivity index (χ2v) is 9.08. The molecule has 0 bridgehead atoms. The fourth-order valence-electron chi connectivity index (χ4n) is 4.73. The lowest BCUT2D eigenvalue weighted by Crippen LogP contribution is -2.30. The minimum atomic E-state index is -4.43. The Labute approximate surface area is 207 Å². The third-order valence-corrected chi connectivity index (χ3v) is 6.43. The molecule has 0 radical (unpaired) electrons. The highest BCUT2D eigenvalue weighted by atomic mass is 32.1. The number of alkyl halides is 3. The van der Waals surface area contributed by atoms with Gasteiger partial charge >= 0.3 is 6.18 Å². The van der Waals surface area contributed by atoms with E-state index < -0.39 is 11.7 Å². The van der Waals surface area contributed by atoms with Gasteiger partial charge in [0.25, 0.3) is 0 Å². The van der Waals surface area contributed by atoms with E-state index in [2.05, 4.69) is 28.5 Å². The minimum Gasteiger partial charge on any atom is -0.351 e. The van der Waals surface area contributed by atoms with Crippen LogP contribution in [0.1, 0.15) is 40.2 Å². The summed E-state index contributed by atoms with van der Waals surface area (Å²) in [6, 6.07) is 20.4. The largest absolute Gasteiger partial charge is 0.416 e. The molecular formula is C27H23F3N4S. The maximum Gasteiger partial charge on any atom is 0.416 e. The molecule has 2 aromatic carbocycles. The molecule has 1 saturated heterocycles. The number of anilines is 1. The molecule has 1 aliphatic rings. The molecule has 178 valence electrons. The summed E-state index contributed by atoms with van der Waals surface area (Å²) < 4.78 is 42.1. The van der Waals surface area contributed by atoms with Gasteiger partial charge in [-0.05, 0) is 91.8 Å². The van der Waals surface area contributed by atoms with E-state index in [-0.39, 0.29) is 12.1 Å². The molecule has 0 spiro atoms. The summed E-state index contributed by atoms with van der Waals surface area (Å²) >= 11 is 5.80. The van der Waals surface area contributed by atoms with Crippen molar-refractivity contribution in [3.8, 4) is 5.69 Å². The Morgan fingerprint density at radius 1 is 0.886 bits per heavy atom. The van der Waals surface area contributed by atoms with Crippen LogP contribution in [0.5, 0.6) is 0 Å². The Kier molecular flexibility index (Phi) is 5.84. The second-order valence-electron chi connectivity index (χ2n) is 8.69. The van der Waals surface area contributed by atoms with Gasteiger partial charge in [-0.2, -0.15) is 13.2 Å². The van der Waals surface area contributed by atoms with E-state index >= 15 is 0 Å². The van der Waals surface area contributed by atoms with E-state index in [0.29, 0.717) is 10.8 Å². The molecule has 1 N–H and O–H groups in total. The number of benzene rings is 2. The number of halogens is 3. The first-order chi connectivity index (χ1) is 16.7. The van der Waals surface area contributed by atoms with Crippen LogP contribution in [0.3, 0.4) is 0 Å². The molecule has 0 unspecified atom stereocenters. The maximum absolute atomic E-state index is 13.5. The molecule has 35 heavy (non-hydrogen) atoms. The summed E-state index contributed by atoms with van der Waals surface area (Å²) in [4.78, 5) is 6.60. The SMILES string of the molecule is Cc1cc(C)cc(N2C(=S)N[C@@H](c3ccccn3)[C@@H]2c2cccn2-c2cccc(C(F)(F)F)c2)c1. The minimum absolute atomic E-state index is 0.302. The predicted molar refractivity (Wildman–Crippen MR) is 135 cm³/mol. The topological polar surface area (TPSA) is 33.1 Å². The van der Waals surface area contributed by atoms with Gasteiger partial charge < -0.3 is 14.8 Å². The van der Waals surface area contributed by atoms with Crippen molar-refractivity contribution in [3.63, 3.8) is 0 Å². The number of hydrogen-bond acceptors (Lipinski definition) is 2. The normalized spacial score (nSPS) is 18.1. The van der Waals surface area contributed by atoms with E-state index in [1.54, 1.807) is 23.0 Å². The van der Waals surface area contributed by atoms with Crippen LogP contribution in [0.4, 0.5) is 18.9 Å². The second kappa shape index (κ2) is 8.85. The van der Waals surface area contributed by atoms with Crippen LogP contribution in [0.2, 0.25) is 0 Å². The molecule has 4 aromatic rings. The fraction of sp³-hybridized carbons (Fsp3) is 0.185. The van der Waals surface area contributed by atoms with E-state index in [0.717, 1.165) is 34.3 Å². The van der Waals surface area contributed by atoms with Crippen molar-refractivity contribution in [2.45, 2.75) is 32.1 Å². The average Bonchev–Trinajstić information content (AvgIpc) is 3.43. The van der Waals surface area contributed by atoms with E-state index in [4.69, 9.17) is 12.2 Å². The van der Waals surface area contributed by atoms with Crippen LogP contribution in [0, 0.1) is 13.8 Å². The summed E-state index contributed by atoms with van der Waals surface area (Å²) in [5, 5.41) is 3.95. The highest BCUT2D eigenvalue weighted by molar-refractivity contribution is 7.80. The van der Waals surface area contributed by atoms with Gasteiger partial charge in [-0.25, -0.2) is 0 Å². The van der Waals surface area contributed by atoms with Crippen molar-refractivity contribution in [1.29, 1.82) is 0 Å². The molecule has 4 nitrogen and oxygen atoms in total. The Hall–Kier alpha value is -3.65. The molecule has 2 aromatic heterocycles. The third kappa shape index (κ3) is 4.41. The first-order valence-corrected chi connectivity index (χ1v) is 11.6. The Bertz CT molecular complexity index is 1360. The zero-order valence-electron chi connectivity index (χ0n) is 19.1. The van der Waals surface area contributed by atoms with Crippen molar-refractivity contribution in [2.75, 3.05) is 4.90 Å². The van der Waals surface area contributed by atoms with Gasteiger partial charge in [0, 0.05) is 29.5 Å². The number of aryl methyl sites for hydroxylation is 2. The van der Waals surface area contributed by atoms with Gasteiger partial charge in [0.15, 0.2) is 5.11 Å². The summed E-state index contributed by atoms with van der Waals surface area (Å²) in [5.74, 6) is 0. The molecular weight excluding hydrogens is 469 g/mol. The van der Waals surface area contributed by atoms with Gasteiger partial charge in [0.1, 0.15) is 6.04 Å². The van der Waals surface area contributed by atoms with Gasteiger partial charge in [-0.1, -0.05) is 18.2 Å². The number of nitrogens with zero attached hydrogens (tertiary/aromatic N) is 3. The van der Waals surface area contributed by atoms with Gasteiger partial charge in [0.05, 0.1) is 17.3 Å². The molecule has 5 rings (SSSR count). The van der Waals surface area contributed by atoms with Gasteiger partial charge in [-0.3, -0.25) is 4.98 Å². The summed E-state index contributed by atoms with van der Waals surface area (Å²) in [5.41, 5.74) is 4.43. The van der Waals surface area contributed by atoms with Crippen LogP contribution in [-0.4, -0.2) is 14.7 Å². The zero-order chi connectivity index (χ0) is 24.7. The lowest BCUT2D eigenvalue weighted by Gasteiger charge is -2.29. The van der Waals surface area contributed by atoms with Crippen molar-refractivity contribution in [1.82, 2.24) is 14.9 Å². The number of nitrogens with one attached hydrogen (secondary N) is 1. The molecule has 0 aliphatic carbocycles. The highest BCUT2D eigenvalue weighted by Gasteiger charge is 2.42. The van der Waals surface area contributed by atoms with E-state index in [1.807, 2.05) is 49.1 Å². The predicted octanol–water partition coefficient (Wildman–Crippen LogP) is 6.69. The maximum atomic E-state index is 13.5. The number of hydrogen-bond donors (Lipinski definition) is 1. The molecule has 0 saturated carbocycles. The van der Waals surface area contributed by atoms with Crippen molar-refractivity contribution in [2.24, 2.45) is 0 Å². The fourth-order valence-corrected chi connectivity index (χ4v) is 5.07. The Morgan fingerprint density at radius 2 is 1.66 bits per heavy atom. The van der Waals surface area contributed by atoms with E-state index in [9.17, 15) is 13.2 Å². The molecule has 1 fully saturated rings. The smallest absolute Gasteiger partial charge is 0.351 e. The van der Waals surface area contributed by atoms with Crippen molar-refractivity contribution < 1.29 is 13.2 Å². The Balaban J connectivity index is 1.68. The number of thiocarbonyl (C=S) groups is 1. The first kappa shape index (κ1) is 23.1. The van der Waals surface area contributed by atoms with Crippen molar-refractivity contribution >= 4 is 23.0 Å². The number of rotatable bonds is 4. The molecule has 1 aliphatic heterocycles. The standard InChI is InChI=1S/C27H23F3N4S/c1-17-13-18(2)15-21(14-17)34-25(24(32-26(34)35)22-9-3-4-11-31-22)23-10-6-12-33(23)20-8-5-7-19(16-20)27(28,29)30/h3-16,24-25H,1-2H3,(H,32,35)/t24-,25-/m0/s1. The highest BCUT2D eigenvalue weighted by Crippen LogP contribution is 2.43. The monoisotopic (exact) mass is 492 g/mol. The van der Waals surface area contributed by atoms with Crippen LogP contribution >= 0.6 is 12.2 Å². The van der Waals surface area contributed by atoms with Crippen LogP contribution in [-0.2, 0) is 6.18 Å². The molecule has 0 amide bonds. The van der Waals surface area contributed by atoms with Crippen molar-refractivity contribution in [3.05, 3.63) is 113 Å². The molecule has 2 atom stereocenters. The van der Waals surface area contributed by atoms with Crippen LogP contribution in [0.15, 0.2) is 85.2 Å². The van der Waals surface area contributed by atoms with E-state index in [1.165, 1.54) is 12.1 Å². The molecule has 3 heterocycles. The average molecular weight is 493 g/mol. The third-order valence-electron chi connectivity index (χ3n) is 6.12.